The van der Waals surface area contributed by atoms with Gasteiger partial charge in [-0.2, -0.15) is 5.26 Å². The molecule has 0 rings (SSSR count). The summed E-state index contributed by atoms with van der Waals surface area (Å²) in [5, 5.41) is 8.36. The number of rotatable bonds is 11. The molecule has 87 valence electrons. The SMILES string of the molecule is [CH2]CCCCCCCCCCCCC#N. The maximum atomic E-state index is 8.36. The molecule has 0 N–H and O–H groups in total. The summed E-state index contributed by atoms with van der Waals surface area (Å²) in [6, 6.07) is 2.19. The first-order valence-corrected chi connectivity index (χ1v) is 6.58. The van der Waals surface area contributed by atoms with Gasteiger partial charge in [0.15, 0.2) is 0 Å². The summed E-state index contributed by atoms with van der Waals surface area (Å²) < 4.78 is 0. The van der Waals surface area contributed by atoms with E-state index >= 15 is 0 Å². The first-order chi connectivity index (χ1) is 7.41. The van der Waals surface area contributed by atoms with Crippen molar-refractivity contribution in [3.8, 4) is 6.07 Å². The number of unbranched alkanes of at least 4 members (excludes halogenated alkanes) is 11. The van der Waals surface area contributed by atoms with Crippen LogP contribution < -0.4 is 0 Å². The van der Waals surface area contributed by atoms with Crippen LogP contribution in [-0.4, -0.2) is 0 Å². The Morgan fingerprint density at radius 2 is 1.07 bits per heavy atom. The van der Waals surface area contributed by atoms with E-state index in [1.54, 1.807) is 0 Å². The minimum absolute atomic E-state index is 0.741. The first-order valence-electron chi connectivity index (χ1n) is 6.58. The minimum atomic E-state index is 0.741. The summed E-state index contributed by atoms with van der Waals surface area (Å²) in [6.45, 7) is 3.85. The molecule has 0 fully saturated rings. The predicted molar refractivity (Wildman–Crippen MR) is 66.4 cm³/mol. The molecule has 0 unspecified atom stereocenters. The summed E-state index contributed by atoms with van der Waals surface area (Å²) in [5.41, 5.74) is 0. The third-order valence-corrected chi connectivity index (χ3v) is 2.79. The molecule has 0 aromatic rings. The van der Waals surface area contributed by atoms with Crippen molar-refractivity contribution in [1.29, 1.82) is 5.26 Å². The maximum Gasteiger partial charge on any atom is 0.0621 e. The zero-order valence-corrected chi connectivity index (χ0v) is 10.1. The zero-order valence-electron chi connectivity index (χ0n) is 10.1. The fourth-order valence-electron chi connectivity index (χ4n) is 1.80. The lowest BCUT2D eigenvalue weighted by Gasteiger charge is -2.01. The number of hydrogen-bond acceptors (Lipinski definition) is 1. The van der Waals surface area contributed by atoms with Crippen molar-refractivity contribution >= 4 is 0 Å². The molecule has 0 aromatic carbocycles. The highest BCUT2D eigenvalue weighted by Gasteiger charge is 1.92. The summed E-state index contributed by atoms with van der Waals surface area (Å²) in [7, 11) is 0. The second kappa shape index (κ2) is 13.5. The quantitative estimate of drug-likeness (QED) is 0.437. The van der Waals surface area contributed by atoms with Crippen molar-refractivity contribution in [2.24, 2.45) is 0 Å². The van der Waals surface area contributed by atoms with Crippen LogP contribution in [0.25, 0.3) is 0 Å². The molecule has 0 amide bonds. The fraction of sp³-hybridized carbons (Fsp3) is 0.857. The molecule has 0 aromatic heterocycles. The summed E-state index contributed by atoms with van der Waals surface area (Å²) >= 11 is 0. The van der Waals surface area contributed by atoms with Crippen molar-refractivity contribution in [1.82, 2.24) is 0 Å². The predicted octanol–water partition coefficient (Wildman–Crippen LogP) is 5.03. The summed E-state index contributed by atoms with van der Waals surface area (Å²) in [5.74, 6) is 0. The van der Waals surface area contributed by atoms with Crippen LogP contribution in [0.2, 0.25) is 0 Å². The van der Waals surface area contributed by atoms with E-state index in [0.29, 0.717) is 0 Å². The number of nitrogens with zero attached hydrogens (tertiary/aromatic N) is 1. The Morgan fingerprint density at radius 1 is 0.667 bits per heavy atom. The second-order valence-electron chi connectivity index (χ2n) is 4.30. The molecule has 0 saturated heterocycles. The Balaban J connectivity index is 2.84. The van der Waals surface area contributed by atoms with Crippen molar-refractivity contribution in [2.75, 3.05) is 0 Å². The van der Waals surface area contributed by atoms with E-state index in [1.807, 2.05) is 0 Å². The molecule has 0 bridgehead atoms. The van der Waals surface area contributed by atoms with Crippen LogP contribution in [-0.2, 0) is 0 Å². The highest BCUT2D eigenvalue weighted by atomic mass is 14.2. The van der Waals surface area contributed by atoms with Crippen LogP contribution in [0.15, 0.2) is 0 Å². The average molecular weight is 208 g/mol. The van der Waals surface area contributed by atoms with Gasteiger partial charge in [-0.3, -0.25) is 0 Å². The minimum Gasteiger partial charge on any atom is -0.198 e. The smallest absolute Gasteiger partial charge is 0.0621 e. The van der Waals surface area contributed by atoms with E-state index in [0.717, 1.165) is 19.3 Å². The first kappa shape index (κ1) is 14.5. The van der Waals surface area contributed by atoms with Gasteiger partial charge < -0.3 is 0 Å². The Kier molecular flexibility index (Phi) is 13.0. The van der Waals surface area contributed by atoms with Gasteiger partial charge in [-0.25, -0.2) is 0 Å². The largest absolute Gasteiger partial charge is 0.198 e. The third kappa shape index (κ3) is 13.5. The highest BCUT2D eigenvalue weighted by molar-refractivity contribution is 4.67. The van der Waals surface area contributed by atoms with Crippen LogP contribution in [0.3, 0.4) is 0 Å². The monoisotopic (exact) mass is 208 g/mol. The summed E-state index contributed by atoms with van der Waals surface area (Å²) in [4.78, 5) is 0. The molecule has 1 nitrogen and oxygen atoms in total. The topological polar surface area (TPSA) is 23.8 Å². The van der Waals surface area contributed by atoms with Gasteiger partial charge in [0.05, 0.1) is 6.07 Å². The van der Waals surface area contributed by atoms with Gasteiger partial charge in [-0.1, -0.05) is 71.1 Å². The van der Waals surface area contributed by atoms with Crippen molar-refractivity contribution in [3.05, 3.63) is 6.92 Å². The summed E-state index contributed by atoms with van der Waals surface area (Å²) in [6.07, 6.45) is 15.1. The fourth-order valence-corrected chi connectivity index (χ4v) is 1.80. The normalized spacial score (nSPS) is 10.1. The van der Waals surface area contributed by atoms with E-state index in [-0.39, 0.29) is 0 Å². The van der Waals surface area contributed by atoms with Gasteiger partial charge in [0.25, 0.3) is 0 Å². The van der Waals surface area contributed by atoms with Crippen molar-refractivity contribution in [2.45, 2.75) is 77.0 Å². The molecular weight excluding hydrogens is 182 g/mol. The zero-order chi connectivity index (χ0) is 11.2. The molecule has 0 spiro atoms. The molecule has 0 aliphatic rings. The molecule has 1 heteroatoms. The molecule has 0 aliphatic carbocycles. The van der Waals surface area contributed by atoms with Crippen LogP contribution in [0.4, 0.5) is 0 Å². The van der Waals surface area contributed by atoms with E-state index in [4.69, 9.17) is 5.26 Å². The van der Waals surface area contributed by atoms with Gasteiger partial charge in [0.2, 0.25) is 0 Å². The van der Waals surface area contributed by atoms with Crippen LogP contribution in [0.1, 0.15) is 77.0 Å². The lowest BCUT2D eigenvalue weighted by Crippen LogP contribution is -1.81. The van der Waals surface area contributed by atoms with Gasteiger partial charge in [0.1, 0.15) is 0 Å². The third-order valence-electron chi connectivity index (χ3n) is 2.79. The molecule has 0 saturated carbocycles. The van der Waals surface area contributed by atoms with E-state index in [1.165, 1.54) is 57.8 Å². The Bertz CT molecular complexity index is 146. The van der Waals surface area contributed by atoms with Crippen molar-refractivity contribution in [3.63, 3.8) is 0 Å². The maximum absolute atomic E-state index is 8.36. The standard InChI is InChI=1S/C14H26N/c1-2-3-4-5-6-7-8-9-10-11-12-13-14-15/h1-13H2. The number of nitriles is 1. The molecular formula is C14H26N. The number of hydrogen-bond donors (Lipinski definition) is 0. The lowest BCUT2D eigenvalue weighted by molar-refractivity contribution is 0.554. The van der Waals surface area contributed by atoms with Gasteiger partial charge in [-0.05, 0) is 6.42 Å². The van der Waals surface area contributed by atoms with E-state index in [9.17, 15) is 0 Å². The Morgan fingerprint density at radius 3 is 1.47 bits per heavy atom. The van der Waals surface area contributed by atoms with Crippen molar-refractivity contribution < 1.29 is 0 Å². The molecule has 0 aliphatic heterocycles. The van der Waals surface area contributed by atoms with E-state index < -0.39 is 0 Å². The average Bonchev–Trinajstić information content (AvgIpc) is 2.26. The lowest BCUT2D eigenvalue weighted by atomic mass is 10.1. The molecule has 15 heavy (non-hydrogen) atoms. The van der Waals surface area contributed by atoms with Crippen LogP contribution in [0.5, 0.6) is 0 Å². The highest BCUT2D eigenvalue weighted by Crippen LogP contribution is 2.11. The molecule has 0 heterocycles. The van der Waals surface area contributed by atoms with Gasteiger partial charge >= 0.3 is 0 Å². The van der Waals surface area contributed by atoms with E-state index in [2.05, 4.69) is 13.0 Å². The van der Waals surface area contributed by atoms with Gasteiger partial charge in [-0.15, -0.1) is 0 Å². The molecule has 0 atom stereocenters. The second-order valence-corrected chi connectivity index (χ2v) is 4.30. The Labute approximate surface area is 95.9 Å². The van der Waals surface area contributed by atoms with Crippen LogP contribution >= 0.6 is 0 Å². The van der Waals surface area contributed by atoms with Crippen LogP contribution in [0, 0.1) is 18.3 Å². The molecule has 1 radical (unpaired) electrons. The Hall–Kier alpha value is -0.510. The van der Waals surface area contributed by atoms with Gasteiger partial charge in [0, 0.05) is 6.42 Å².